The van der Waals surface area contributed by atoms with Crippen molar-refractivity contribution >= 4 is 0 Å². The van der Waals surface area contributed by atoms with E-state index in [4.69, 9.17) is 0 Å². The minimum absolute atomic E-state index is 0.0631. The summed E-state index contributed by atoms with van der Waals surface area (Å²) in [4.78, 5) is 0. The first-order valence-corrected chi connectivity index (χ1v) is 5.40. The standard InChI is InChI=1S/C11H24O/c1-4-6-7-8-9-11(12)10(3)5-2/h10-12H,4-9H2,1-3H3/t10-,11+/m1/s1. The summed E-state index contributed by atoms with van der Waals surface area (Å²) in [6, 6.07) is 0. The summed E-state index contributed by atoms with van der Waals surface area (Å²) in [5.41, 5.74) is 0. The molecule has 74 valence electrons. The Hall–Kier alpha value is -0.0400. The van der Waals surface area contributed by atoms with E-state index in [1.54, 1.807) is 0 Å². The molecule has 0 radical (unpaired) electrons. The van der Waals surface area contributed by atoms with Crippen LogP contribution >= 0.6 is 0 Å². The lowest BCUT2D eigenvalue weighted by molar-refractivity contribution is 0.103. The zero-order valence-corrected chi connectivity index (χ0v) is 8.84. The van der Waals surface area contributed by atoms with Gasteiger partial charge in [-0.25, -0.2) is 0 Å². The molecule has 1 nitrogen and oxygen atoms in total. The number of hydrogen-bond donors (Lipinski definition) is 1. The van der Waals surface area contributed by atoms with Gasteiger partial charge in [-0.3, -0.25) is 0 Å². The van der Waals surface area contributed by atoms with Crippen LogP contribution in [0.4, 0.5) is 0 Å². The van der Waals surface area contributed by atoms with Gasteiger partial charge in [-0.05, 0) is 12.3 Å². The number of rotatable bonds is 7. The van der Waals surface area contributed by atoms with Gasteiger partial charge in [0.15, 0.2) is 0 Å². The Balaban J connectivity index is 3.24. The van der Waals surface area contributed by atoms with Crippen LogP contribution in [0.1, 0.15) is 59.3 Å². The first-order chi connectivity index (χ1) is 5.72. The molecule has 12 heavy (non-hydrogen) atoms. The zero-order chi connectivity index (χ0) is 9.40. The van der Waals surface area contributed by atoms with E-state index in [-0.39, 0.29) is 6.10 Å². The molecule has 0 aromatic rings. The van der Waals surface area contributed by atoms with Gasteiger partial charge in [0, 0.05) is 0 Å². The van der Waals surface area contributed by atoms with Crippen molar-refractivity contribution in [3.8, 4) is 0 Å². The van der Waals surface area contributed by atoms with Crippen LogP contribution in [0, 0.1) is 5.92 Å². The van der Waals surface area contributed by atoms with E-state index in [1.807, 2.05) is 0 Å². The molecule has 0 saturated carbocycles. The Bertz CT molecular complexity index is 91.0. The van der Waals surface area contributed by atoms with E-state index in [2.05, 4.69) is 20.8 Å². The molecule has 0 fully saturated rings. The molecule has 0 amide bonds. The average Bonchev–Trinajstić information content (AvgIpc) is 2.10. The molecular formula is C11H24O. The molecule has 0 aliphatic heterocycles. The summed E-state index contributed by atoms with van der Waals surface area (Å²) >= 11 is 0. The smallest absolute Gasteiger partial charge is 0.0565 e. The maximum Gasteiger partial charge on any atom is 0.0565 e. The van der Waals surface area contributed by atoms with Gasteiger partial charge in [0.05, 0.1) is 6.10 Å². The molecule has 2 atom stereocenters. The normalized spacial score (nSPS) is 16.0. The largest absolute Gasteiger partial charge is 0.393 e. The molecule has 0 spiro atoms. The maximum atomic E-state index is 9.62. The molecule has 1 N–H and O–H groups in total. The van der Waals surface area contributed by atoms with Crippen LogP contribution in [-0.2, 0) is 0 Å². The molecule has 0 bridgehead atoms. The molecule has 0 aliphatic rings. The van der Waals surface area contributed by atoms with E-state index in [0.717, 1.165) is 12.8 Å². The van der Waals surface area contributed by atoms with Crippen LogP contribution in [0.15, 0.2) is 0 Å². The van der Waals surface area contributed by atoms with E-state index in [1.165, 1.54) is 25.7 Å². The zero-order valence-electron chi connectivity index (χ0n) is 8.84. The summed E-state index contributed by atoms with van der Waals surface area (Å²) in [6.07, 6.45) is 7.09. The summed E-state index contributed by atoms with van der Waals surface area (Å²) in [5, 5.41) is 9.62. The van der Waals surface area contributed by atoms with Gasteiger partial charge in [0.25, 0.3) is 0 Å². The number of aliphatic hydroxyl groups excluding tert-OH is 1. The first-order valence-electron chi connectivity index (χ1n) is 5.40. The predicted octanol–water partition coefficient (Wildman–Crippen LogP) is 3.36. The Labute approximate surface area is 77.2 Å². The summed E-state index contributed by atoms with van der Waals surface area (Å²) < 4.78 is 0. The molecule has 0 aromatic heterocycles. The van der Waals surface area contributed by atoms with E-state index < -0.39 is 0 Å². The Morgan fingerprint density at radius 1 is 1.08 bits per heavy atom. The third kappa shape index (κ3) is 5.59. The SMILES string of the molecule is CCCCCC[C@H](O)[C@H](C)CC. The van der Waals surface area contributed by atoms with Crippen LogP contribution in [0.25, 0.3) is 0 Å². The van der Waals surface area contributed by atoms with Crippen molar-refractivity contribution in [1.29, 1.82) is 0 Å². The van der Waals surface area contributed by atoms with Crippen LogP contribution in [0.3, 0.4) is 0 Å². The Kier molecular flexibility index (Phi) is 7.58. The Morgan fingerprint density at radius 3 is 2.25 bits per heavy atom. The van der Waals surface area contributed by atoms with E-state index in [9.17, 15) is 5.11 Å². The highest BCUT2D eigenvalue weighted by Gasteiger charge is 2.10. The fraction of sp³-hybridized carbons (Fsp3) is 1.00. The molecule has 0 saturated heterocycles. The topological polar surface area (TPSA) is 20.2 Å². The number of hydrogen-bond acceptors (Lipinski definition) is 1. The van der Waals surface area contributed by atoms with Crippen LogP contribution in [-0.4, -0.2) is 11.2 Å². The van der Waals surface area contributed by atoms with Crippen molar-refractivity contribution < 1.29 is 5.11 Å². The lowest BCUT2D eigenvalue weighted by Crippen LogP contribution is -2.16. The van der Waals surface area contributed by atoms with Gasteiger partial charge in [-0.2, -0.15) is 0 Å². The highest BCUT2D eigenvalue weighted by Crippen LogP contribution is 2.14. The quantitative estimate of drug-likeness (QED) is 0.584. The van der Waals surface area contributed by atoms with Gasteiger partial charge < -0.3 is 5.11 Å². The second-order valence-corrected chi connectivity index (χ2v) is 3.80. The van der Waals surface area contributed by atoms with Crippen molar-refractivity contribution in [3.05, 3.63) is 0 Å². The average molecular weight is 172 g/mol. The third-order valence-electron chi connectivity index (χ3n) is 2.65. The molecule has 1 heteroatoms. The molecule has 0 unspecified atom stereocenters. The minimum atomic E-state index is -0.0631. The van der Waals surface area contributed by atoms with Gasteiger partial charge >= 0.3 is 0 Å². The fourth-order valence-corrected chi connectivity index (χ4v) is 1.34. The second kappa shape index (κ2) is 7.60. The van der Waals surface area contributed by atoms with Crippen LogP contribution in [0.5, 0.6) is 0 Å². The van der Waals surface area contributed by atoms with Gasteiger partial charge in [0.1, 0.15) is 0 Å². The summed E-state index contributed by atoms with van der Waals surface area (Å²) in [5.74, 6) is 0.478. The van der Waals surface area contributed by atoms with Gasteiger partial charge in [-0.15, -0.1) is 0 Å². The molecular weight excluding hydrogens is 148 g/mol. The lowest BCUT2D eigenvalue weighted by Gasteiger charge is -2.16. The molecule has 0 heterocycles. The predicted molar refractivity (Wildman–Crippen MR) is 54.2 cm³/mol. The van der Waals surface area contributed by atoms with Crippen LogP contribution in [0.2, 0.25) is 0 Å². The molecule has 0 aliphatic carbocycles. The van der Waals surface area contributed by atoms with Crippen molar-refractivity contribution in [2.45, 2.75) is 65.4 Å². The third-order valence-corrected chi connectivity index (χ3v) is 2.65. The number of aliphatic hydroxyl groups is 1. The highest BCUT2D eigenvalue weighted by atomic mass is 16.3. The molecule has 0 rings (SSSR count). The second-order valence-electron chi connectivity index (χ2n) is 3.80. The van der Waals surface area contributed by atoms with Crippen molar-refractivity contribution in [2.75, 3.05) is 0 Å². The summed E-state index contributed by atoms with van der Waals surface area (Å²) in [6.45, 7) is 6.48. The highest BCUT2D eigenvalue weighted by molar-refractivity contribution is 4.62. The van der Waals surface area contributed by atoms with Crippen molar-refractivity contribution in [3.63, 3.8) is 0 Å². The van der Waals surface area contributed by atoms with Crippen molar-refractivity contribution in [1.82, 2.24) is 0 Å². The monoisotopic (exact) mass is 172 g/mol. The first kappa shape index (κ1) is 12.0. The van der Waals surface area contributed by atoms with Gasteiger partial charge in [0.2, 0.25) is 0 Å². The fourth-order valence-electron chi connectivity index (χ4n) is 1.34. The lowest BCUT2D eigenvalue weighted by atomic mass is 9.97. The maximum absolute atomic E-state index is 9.62. The van der Waals surface area contributed by atoms with E-state index >= 15 is 0 Å². The Morgan fingerprint density at radius 2 is 1.75 bits per heavy atom. The van der Waals surface area contributed by atoms with Gasteiger partial charge in [-0.1, -0.05) is 52.9 Å². The number of unbranched alkanes of at least 4 members (excludes halogenated alkanes) is 3. The van der Waals surface area contributed by atoms with Crippen molar-refractivity contribution in [2.24, 2.45) is 5.92 Å². The minimum Gasteiger partial charge on any atom is -0.393 e. The van der Waals surface area contributed by atoms with E-state index in [0.29, 0.717) is 5.92 Å². The summed E-state index contributed by atoms with van der Waals surface area (Å²) in [7, 11) is 0. The van der Waals surface area contributed by atoms with Crippen LogP contribution < -0.4 is 0 Å². The molecule has 0 aromatic carbocycles.